The Labute approximate surface area is 144 Å². The number of anilines is 1. The molecular weight excluding hydrogens is 324 g/mol. The molecular formula is C18H14N2O3S. The zero-order chi connectivity index (χ0) is 16.7. The molecule has 2 aromatic rings. The zero-order valence-electron chi connectivity index (χ0n) is 12.9. The van der Waals surface area contributed by atoms with E-state index in [9.17, 15) is 4.79 Å². The van der Waals surface area contributed by atoms with E-state index in [1.807, 2.05) is 49.4 Å². The van der Waals surface area contributed by atoms with Crippen LogP contribution in [0.3, 0.4) is 0 Å². The summed E-state index contributed by atoms with van der Waals surface area (Å²) in [6.45, 7) is 2.17. The quantitative estimate of drug-likeness (QED) is 0.674. The Bertz CT molecular complexity index is 892. The van der Waals surface area contributed by atoms with Crippen LogP contribution in [-0.4, -0.2) is 17.8 Å². The molecule has 1 N–H and O–H groups in total. The summed E-state index contributed by atoms with van der Waals surface area (Å²) < 4.78 is 10.7. The SMILES string of the molecule is Cc1ccccc1N1C(=O)/C(=C/c2ccc3c(c2)OCO3)NC1=S. The molecule has 2 heterocycles. The van der Waals surface area contributed by atoms with Gasteiger partial charge in [0.25, 0.3) is 5.91 Å². The van der Waals surface area contributed by atoms with Gasteiger partial charge in [-0.05, 0) is 54.5 Å². The van der Waals surface area contributed by atoms with Gasteiger partial charge in [0.2, 0.25) is 6.79 Å². The van der Waals surface area contributed by atoms with Crippen molar-refractivity contribution in [3.63, 3.8) is 0 Å². The smallest absolute Gasteiger partial charge is 0.281 e. The minimum atomic E-state index is -0.174. The van der Waals surface area contributed by atoms with Gasteiger partial charge < -0.3 is 14.8 Å². The van der Waals surface area contributed by atoms with Crippen molar-refractivity contribution in [2.24, 2.45) is 0 Å². The molecule has 1 amide bonds. The number of benzene rings is 2. The third kappa shape index (κ3) is 2.41. The summed E-state index contributed by atoms with van der Waals surface area (Å²) in [7, 11) is 0. The van der Waals surface area contributed by atoms with Crippen LogP contribution in [0.15, 0.2) is 48.2 Å². The fraction of sp³-hybridized carbons (Fsp3) is 0.111. The van der Waals surface area contributed by atoms with Crippen LogP contribution < -0.4 is 19.7 Å². The summed E-state index contributed by atoms with van der Waals surface area (Å²) >= 11 is 5.34. The number of carbonyl (C=O) groups excluding carboxylic acids is 1. The van der Waals surface area contributed by atoms with E-state index in [4.69, 9.17) is 21.7 Å². The van der Waals surface area contributed by atoms with Crippen molar-refractivity contribution in [2.75, 3.05) is 11.7 Å². The summed E-state index contributed by atoms with van der Waals surface area (Å²) in [5.74, 6) is 1.21. The van der Waals surface area contributed by atoms with E-state index >= 15 is 0 Å². The topological polar surface area (TPSA) is 50.8 Å². The second-order valence-corrected chi connectivity index (χ2v) is 5.91. The highest BCUT2D eigenvalue weighted by Gasteiger charge is 2.32. The molecule has 120 valence electrons. The van der Waals surface area contributed by atoms with Gasteiger partial charge in [-0.15, -0.1) is 0 Å². The van der Waals surface area contributed by atoms with Gasteiger partial charge in [-0.25, -0.2) is 0 Å². The van der Waals surface area contributed by atoms with Gasteiger partial charge in [0, 0.05) is 0 Å². The molecule has 1 fully saturated rings. The van der Waals surface area contributed by atoms with Gasteiger partial charge in [-0.2, -0.15) is 0 Å². The van der Waals surface area contributed by atoms with Crippen molar-refractivity contribution in [2.45, 2.75) is 6.92 Å². The Morgan fingerprint density at radius 3 is 2.79 bits per heavy atom. The first-order valence-corrected chi connectivity index (χ1v) is 7.87. The van der Waals surface area contributed by atoms with Crippen molar-refractivity contribution in [3.05, 3.63) is 59.3 Å². The van der Waals surface area contributed by atoms with E-state index < -0.39 is 0 Å². The number of fused-ring (bicyclic) bond motifs is 1. The van der Waals surface area contributed by atoms with Gasteiger partial charge >= 0.3 is 0 Å². The lowest BCUT2D eigenvalue weighted by molar-refractivity contribution is -0.113. The lowest BCUT2D eigenvalue weighted by Crippen LogP contribution is -2.30. The molecule has 2 aliphatic heterocycles. The number of hydrogen-bond acceptors (Lipinski definition) is 4. The average Bonchev–Trinajstić information content (AvgIpc) is 3.13. The Kier molecular flexibility index (Phi) is 3.46. The molecule has 0 unspecified atom stereocenters. The Morgan fingerprint density at radius 1 is 1.17 bits per heavy atom. The van der Waals surface area contributed by atoms with E-state index in [2.05, 4.69) is 5.32 Å². The second-order valence-electron chi connectivity index (χ2n) is 5.53. The Hall–Kier alpha value is -2.86. The molecule has 0 bridgehead atoms. The molecule has 0 spiro atoms. The molecule has 6 heteroatoms. The molecule has 24 heavy (non-hydrogen) atoms. The van der Waals surface area contributed by atoms with Crippen LogP contribution >= 0.6 is 12.2 Å². The van der Waals surface area contributed by atoms with Crippen LogP contribution in [0.25, 0.3) is 6.08 Å². The first kappa shape index (κ1) is 14.7. The largest absolute Gasteiger partial charge is 0.454 e. The predicted octanol–water partition coefficient (Wildman–Crippen LogP) is 2.99. The van der Waals surface area contributed by atoms with Crippen LogP contribution in [0.1, 0.15) is 11.1 Å². The van der Waals surface area contributed by atoms with Crippen molar-refractivity contribution >= 4 is 35.0 Å². The van der Waals surface area contributed by atoms with Gasteiger partial charge in [0.05, 0.1) is 5.69 Å². The monoisotopic (exact) mass is 338 g/mol. The molecule has 0 saturated carbocycles. The molecule has 5 nitrogen and oxygen atoms in total. The van der Waals surface area contributed by atoms with Gasteiger partial charge in [-0.1, -0.05) is 24.3 Å². The normalized spacial score (nSPS) is 17.5. The molecule has 4 rings (SSSR count). The number of nitrogens with one attached hydrogen (secondary N) is 1. The van der Waals surface area contributed by atoms with Crippen LogP contribution in [0.4, 0.5) is 5.69 Å². The van der Waals surface area contributed by atoms with Crippen molar-refractivity contribution in [3.8, 4) is 11.5 Å². The Balaban J connectivity index is 1.67. The highest BCUT2D eigenvalue weighted by atomic mass is 32.1. The van der Waals surface area contributed by atoms with Gasteiger partial charge in [-0.3, -0.25) is 9.69 Å². The van der Waals surface area contributed by atoms with E-state index in [-0.39, 0.29) is 12.7 Å². The first-order chi connectivity index (χ1) is 11.6. The first-order valence-electron chi connectivity index (χ1n) is 7.46. The van der Waals surface area contributed by atoms with Crippen LogP contribution in [0.2, 0.25) is 0 Å². The summed E-state index contributed by atoms with van der Waals surface area (Å²) in [5.41, 5.74) is 3.04. The number of thiocarbonyl (C=S) groups is 1. The maximum Gasteiger partial charge on any atom is 0.281 e. The fourth-order valence-electron chi connectivity index (χ4n) is 2.74. The van der Waals surface area contributed by atoms with Crippen molar-refractivity contribution in [1.29, 1.82) is 0 Å². The maximum atomic E-state index is 12.8. The molecule has 0 aliphatic carbocycles. The number of ether oxygens (including phenoxy) is 2. The lowest BCUT2D eigenvalue weighted by Gasteiger charge is -2.16. The summed E-state index contributed by atoms with van der Waals surface area (Å²) in [4.78, 5) is 14.3. The highest BCUT2D eigenvalue weighted by Crippen LogP contribution is 2.33. The number of para-hydroxylation sites is 1. The summed E-state index contributed by atoms with van der Waals surface area (Å²) in [5, 5.41) is 3.37. The standard InChI is InChI=1S/C18H14N2O3S/c1-11-4-2-3-5-14(11)20-17(21)13(19-18(20)24)8-12-6-7-15-16(9-12)23-10-22-15/h2-9H,10H2,1H3,(H,19,24)/b13-8-. The Morgan fingerprint density at radius 2 is 1.96 bits per heavy atom. The lowest BCUT2D eigenvalue weighted by atomic mass is 10.1. The fourth-order valence-corrected chi connectivity index (χ4v) is 3.03. The number of amides is 1. The van der Waals surface area contributed by atoms with E-state index in [1.54, 1.807) is 6.08 Å². The number of rotatable bonds is 2. The van der Waals surface area contributed by atoms with Gasteiger partial charge in [0.1, 0.15) is 5.70 Å². The second kappa shape index (κ2) is 5.65. The van der Waals surface area contributed by atoms with Crippen molar-refractivity contribution < 1.29 is 14.3 Å². The highest BCUT2D eigenvalue weighted by molar-refractivity contribution is 7.80. The van der Waals surface area contributed by atoms with Crippen LogP contribution in [-0.2, 0) is 4.79 Å². The predicted molar refractivity (Wildman–Crippen MR) is 94.9 cm³/mol. The number of hydrogen-bond donors (Lipinski definition) is 1. The third-order valence-corrected chi connectivity index (χ3v) is 4.23. The van der Waals surface area contributed by atoms with Crippen LogP contribution in [0.5, 0.6) is 11.5 Å². The molecule has 2 aliphatic rings. The maximum absolute atomic E-state index is 12.8. The number of aryl methyl sites for hydroxylation is 1. The molecule has 1 saturated heterocycles. The van der Waals surface area contributed by atoms with Crippen LogP contribution in [0, 0.1) is 6.92 Å². The van der Waals surface area contributed by atoms with Crippen molar-refractivity contribution in [1.82, 2.24) is 5.32 Å². The molecule has 0 atom stereocenters. The average molecular weight is 338 g/mol. The molecule has 0 aromatic heterocycles. The number of nitrogens with zero attached hydrogens (tertiary/aromatic N) is 1. The summed E-state index contributed by atoms with van der Waals surface area (Å²) in [6, 6.07) is 13.2. The van der Waals surface area contributed by atoms with E-state index in [0.29, 0.717) is 22.3 Å². The van der Waals surface area contributed by atoms with E-state index in [1.165, 1.54) is 4.90 Å². The summed E-state index contributed by atoms with van der Waals surface area (Å²) in [6.07, 6.45) is 1.76. The number of carbonyl (C=O) groups is 1. The van der Waals surface area contributed by atoms with Gasteiger partial charge in [0.15, 0.2) is 16.6 Å². The molecule has 0 radical (unpaired) electrons. The van der Waals surface area contributed by atoms with E-state index in [0.717, 1.165) is 16.8 Å². The molecule has 2 aromatic carbocycles. The third-order valence-electron chi connectivity index (χ3n) is 3.94. The zero-order valence-corrected chi connectivity index (χ0v) is 13.7. The minimum absolute atomic E-state index is 0.174. The minimum Gasteiger partial charge on any atom is -0.454 e.